The highest BCUT2D eigenvalue weighted by Crippen LogP contribution is 2.33. The lowest BCUT2D eigenvalue weighted by Gasteiger charge is -2.11. The number of hydrogen-bond donors (Lipinski definition) is 1. The maximum atomic E-state index is 9.94. The average molecular weight is 298 g/mol. The molecule has 1 heteroatoms. The molecule has 0 spiro atoms. The van der Waals surface area contributed by atoms with Gasteiger partial charge in [0.15, 0.2) is 0 Å². The van der Waals surface area contributed by atoms with E-state index >= 15 is 0 Å². The first-order valence-corrected chi connectivity index (χ1v) is 8.00. The van der Waals surface area contributed by atoms with E-state index in [1.54, 1.807) is 6.07 Å². The van der Waals surface area contributed by atoms with E-state index in [4.69, 9.17) is 0 Å². The van der Waals surface area contributed by atoms with E-state index < -0.39 is 0 Å². The van der Waals surface area contributed by atoms with E-state index in [9.17, 15) is 5.11 Å². The lowest BCUT2D eigenvalue weighted by molar-refractivity contribution is 0.469. The van der Waals surface area contributed by atoms with Crippen molar-refractivity contribution in [3.05, 3.63) is 78.4 Å². The molecule has 0 aliphatic carbocycles. The third-order valence-corrected chi connectivity index (χ3v) is 4.52. The summed E-state index contributed by atoms with van der Waals surface area (Å²) in [6, 6.07) is 25.3. The fraction of sp³-hybridized carbons (Fsp3) is 0.0909. The summed E-state index contributed by atoms with van der Waals surface area (Å²) in [6.45, 7) is 2.06. The maximum Gasteiger partial charge on any atom is 0.118 e. The van der Waals surface area contributed by atoms with Crippen LogP contribution in [0.2, 0.25) is 0 Å². The van der Waals surface area contributed by atoms with Crippen molar-refractivity contribution in [2.45, 2.75) is 13.3 Å². The van der Waals surface area contributed by atoms with Gasteiger partial charge in [0.05, 0.1) is 0 Å². The van der Waals surface area contributed by atoms with Gasteiger partial charge in [0, 0.05) is 0 Å². The Morgan fingerprint density at radius 2 is 1.48 bits per heavy atom. The number of hydrogen-bond acceptors (Lipinski definition) is 1. The van der Waals surface area contributed by atoms with Gasteiger partial charge in [-0.2, -0.15) is 0 Å². The molecule has 0 saturated carbocycles. The van der Waals surface area contributed by atoms with Crippen LogP contribution in [0.5, 0.6) is 5.75 Å². The molecule has 1 N–H and O–H groups in total. The minimum Gasteiger partial charge on any atom is -0.508 e. The molecule has 1 nitrogen and oxygen atoms in total. The fourth-order valence-corrected chi connectivity index (χ4v) is 3.25. The molecule has 0 aromatic heterocycles. The Morgan fingerprint density at radius 1 is 0.739 bits per heavy atom. The predicted molar refractivity (Wildman–Crippen MR) is 97.9 cm³/mol. The number of aryl methyl sites for hydroxylation is 1. The molecule has 23 heavy (non-hydrogen) atoms. The molecule has 0 aliphatic rings. The molecule has 0 unspecified atom stereocenters. The zero-order valence-corrected chi connectivity index (χ0v) is 13.1. The molecule has 4 rings (SSSR count). The summed E-state index contributed by atoms with van der Waals surface area (Å²) in [5.41, 5.74) is 3.35. The molecule has 0 amide bonds. The number of aromatic hydroxyl groups is 1. The van der Waals surface area contributed by atoms with E-state index in [1.165, 1.54) is 27.1 Å². The van der Waals surface area contributed by atoms with Crippen molar-refractivity contribution < 1.29 is 5.11 Å². The number of phenolic OH excluding ortho intramolecular Hbond substituents is 1. The van der Waals surface area contributed by atoms with Crippen molar-refractivity contribution >= 4 is 21.5 Å². The number of rotatable bonds is 2. The van der Waals surface area contributed by atoms with Gasteiger partial charge in [-0.3, -0.25) is 0 Å². The van der Waals surface area contributed by atoms with Crippen LogP contribution < -0.4 is 0 Å². The summed E-state index contributed by atoms with van der Waals surface area (Å²) in [4.78, 5) is 0. The third kappa shape index (κ3) is 2.35. The Kier molecular flexibility index (Phi) is 3.27. The standard InChI is InChI=1S/C22H18O/c1-2-15-12-19(10-11-22(15)23)20-9-5-8-18-13-16-6-3-4-7-17(16)14-21(18)20/h3-14,23H,2H2,1H3. The number of fused-ring (bicyclic) bond motifs is 2. The third-order valence-electron chi connectivity index (χ3n) is 4.52. The summed E-state index contributed by atoms with van der Waals surface area (Å²) >= 11 is 0. The molecule has 0 atom stereocenters. The van der Waals surface area contributed by atoms with Crippen LogP contribution in [-0.4, -0.2) is 5.11 Å². The van der Waals surface area contributed by atoms with Crippen LogP contribution in [0.1, 0.15) is 12.5 Å². The SMILES string of the molecule is CCc1cc(-c2cccc3cc4ccccc4cc23)ccc1O. The molecule has 0 saturated heterocycles. The van der Waals surface area contributed by atoms with Gasteiger partial charge in [-0.15, -0.1) is 0 Å². The van der Waals surface area contributed by atoms with Gasteiger partial charge in [0.1, 0.15) is 5.75 Å². The Bertz CT molecular complexity index is 1010. The van der Waals surface area contributed by atoms with Gasteiger partial charge in [-0.1, -0.05) is 55.5 Å². The molecule has 0 bridgehead atoms. The van der Waals surface area contributed by atoms with Gasteiger partial charge < -0.3 is 5.11 Å². The second-order valence-corrected chi connectivity index (χ2v) is 5.92. The monoisotopic (exact) mass is 298 g/mol. The van der Waals surface area contributed by atoms with Crippen LogP contribution >= 0.6 is 0 Å². The predicted octanol–water partition coefficient (Wildman–Crippen LogP) is 5.93. The van der Waals surface area contributed by atoms with E-state index in [0.717, 1.165) is 17.5 Å². The van der Waals surface area contributed by atoms with Gasteiger partial charge >= 0.3 is 0 Å². The van der Waals surface area contributed by atoms with Crippen LogP contribution in [0.4, 0.5) is 0 Å². The molecule has 112 valence electrons. The minimum absolute atomic E-state index is 0.377. The van der Waals surface area contributed by atoms with Crippen LogP contribution in [0.25, 0.3) is 32.7 Å². The van der Waals surface area contributed by atoms with Crippen LogP contribution in [0.15, 0.2) is 72.8 Å². The minimum atomic E-state index is 0.377. The normalized spacial score (nSPS) is 11.2. The van der Waals surface area contributed by atoms with Crippen molar-refractivity contribution in [3.63, 3.8) is 0 Å². The lowest BCUT2D eigenvalue weighted by atomic mass is 9.94. The maximum absolute atomic E-state index is 9.94. The molecule has 0 heterocycles. The van der Waals surface area contributed by atoms with Gasteiger partial charge in [0.25, 0.3) is 0 Å². The highest BCUT2D eigenvalue weighted by molar-refractivity contribution is 6.05. The van der Waals surface area contributed by atoms with Gasteiger partial charge in [-0.25, -0.2) is 0 Å². The Hall–Kier alpha value is -2.80. The van der Waals surface area contributed by atoms with Crippen LogP contribution in [0, 0.1) is 0 Å². The molecular weight excluding hydrogens is 280 g/mol. The fourth-order valence-electron chi connectivity index (χ4n) is 3.25. The number of benzene rings is 4. The van der Waals surface area contributed by atoms with Crippen molar-refractivity contribution in [2.24, 2.45) is 0 Å². The summed E-state index contributed by atoms with van der Waals surface area (Å²) in [5.74, 6) is 0.377. The summed E-state index contributed by atoms with van der Waals surface area (Å²) in [6.07, 6.45) is 0.827. The van der Waals surface area contributed by atoms with Crippen molar-refractivity contribution in [3.8, 4) is 16.9 Å². The van der Waals surface area contributed by atoms with Crippen molar-refractivity contribution in [1.82, 2.24) is 0 Å². The van der Waals surface area contributed by atoms with Crippen molar-refractivity contribution in [1.29, 1.82) is 0 Å². The van der Waals surface area contributed by atoms with Crippen LogP contribution in [0.3, 0.4) is 0 Å². The quantitative estimate of drug-likeness (QED) is 0.455. The van der Waals surface area contributed by atoms with Crippen molar-refractivity contribution in [2.75, 3.05) is 0 Å². The van der Waals surface area contributed by atoms with E-state index in [1.807, 2.05) is 6.07 Å². The van der Waals surface area contributed by atoms with E-state index in [0.29, 0.717) is 5.75 Å². The molecule has 4 aromatic carbocycles. The highest BCUT2D eigenvalue weighted by Gasteiger charge is 2.07. The second-order valence-electron chi connectivity index (χ2n) is 5.92. The van der Waals surface area contributed by atoms with E-state index in [-0.39, 0.29) is 0 Å². The lowest BCUT2D eigenvalue weighted by Crippen LogP contribution is -1.86. The molecule has 0 fully saturated rings. The second kappa shape index (κ2) is 5.44. The zero-order valence-electron chi connectivity index (χ0n) is 13.1. The summed E-state index contributed by atoms with van der Waals surface area (Å²) in [5, 5.41) is 14.9. The Labute approximate surface area is 135 Å². The molecular formula is C22H18O. The van der Waals surface area contributed by atoms with Gasteiger partial charge in [-0.05, 0) is 68.9 Å². The highest BCUT2D eigenvalue weighted by atomic mass is 16.3. The molecule has 0 radical (unpaired) electrons. The average Bonchev–Trinajstić information content (AvgIpc) is 2.60. The molecule has 0 aliphatic heterocycles. The topological polar surface area (TPSA) is 20.2 Å². The summed E-state index contributed by atoms with van der Waals surface area (Å²) < 4.78 is 0. The Morgan fingerprint density at radius 3 is 2.26 bits per heavy atom. The number of phenols is 1. The molecule has 4 aromatic rings. The smallest absolute Gasteiger partial charge is 0.118 e. The largest absolute Gasteiger partial charge is 0.508 e. The first-order valence-electron chi connectivity index (χ1n) is 8.00. The first-order chi connectivity index (χ1) is 11.3. The zero-order chi connectivity index (χ0) is 15.8. The Balaban J connectivity index is 2.01. The first kappa shape index (κ1) is 13.8. The van der Waals surface area contributed by atoms with E-state index in [2.05, 4.69) is 67.6 Å². The van der Waals surface area contributed by atoms with Gasteiger partial charge in [0.2, 0.25) is 0 Å². The van der Waals surface area contributed by atoms with Crippen LogP contribution in [-0.2, 0) is 6.42 Å². The summed E-state index contributed by atoms with van der Waals surface area (Å²) in [7, 11) is 0.